The number of urea groups is 1. The summed E-state index contributed by atoms with van der Waals surface area (Å²) in [5, 5.41) is 1.01. The number of nitrogens with one attached hydrogen (secondary N) is 1. The summed E-state index contributed by atoms with van der Waals surface area (Å²) in [6, 6.07) is 5.23. The second-order valence-corrected chi connectivity index (χ2v) is 10.9. The van der Waals surface area contributed by atoms with Crippen molar-refractivity contribution < 1.29 is 19.1 Å². The van der Waals surface area contributed by atoms with Crippen LogP contribution in [0.2, 0.25) is 0 Å². The summed E-state index contributed by atoms with van der Waals surface area (Å²) in [6.45, 7) is 15.4. The molecule has 9 heteroatoms. The van der Waals surface area contributed by atoms with Crippen LogP contribution >= 0.6 is 0 Å². The molecule has 9 nitrogen and oxygen atoms in total. The van der Waals surface area contributed by atoms with E-state index in [1.54, 1.807) is 17.9 Å². The first-order chi connectivity index (χ1) is 19.2. The normalized spacial score (nSPS) is 23.8. The molecule has 1 aromatic heterocycles. The molecule has 3 aliphatic heterocycles. The predicted molar refractivity (Wildman–Crippen MR) is 155 cm³/mol. The summed E-state index contributed by atoms with van der Waals surface area (Å²) in [5.74, 6) is 0.683. The topological polar surface area (TPSA) is 89.2 Å². The van der Waals surface area contributed by atoms with Gasteiger partial charge in [0, 0.05) is 69.2 Å². The van der Waals surface area contributed by atoms with Crippen molar-refractivity contribution in [2.75, 3.05) is 45.9 Å². The molecule has 2 saturated heterocycles. The minimum absolute atomic E-state index is 0.0785. The summed E-state index contributed by atoms with van der Waals surface area (Å²) in [5.41, 5.74) is 2.79. The van der Waals surface area contributed by atoms with Crippen LogP contribution in [0.1, 0.15) is 45.0 Å². The quantitative estimate of drug-likeness (QED) is 0.400. The second kappa shape index (κ2) is 11.0. The predicted octanol–water partition coefficient (Wildman–Crippen LogP) is 4.04. The molecule has 40 heavy (non-hydrogen) atoms. The highest BCUT2D eigenvalue weighted by Crippen LogP contribution is 2.49. The number of allylic oxidation sites excluding steroid dienone is 3. The number of benzene rings is 1. The van der Waals surface area contributed by atoms with Gasteiger partial charge >= 0.3 is 6.03 Å². The number of carbonyl (C=O) groups excluding carboxylic acids is 3. The van der Waals surface area contributed by atoms with Crippen LogP contribution in [0.3, 0.4) is 0 Å². The van der Waals surface area contributed by atoms with E-state index in [1.807, 2.05) is 62.1 Å². The van der Waals surface area contributed by atoms with E-state index in [9.17, 15) is 14.4 Å². The SMILES string of the molecule is C=C/C=C\C(=C/C)[C@@H]1c2[nH]c3ccc(OCC)cc3c2C[C@@]2(C)C(=O)N(CCN3CCN(C(C)=O)CC3)C(=O)N12. The van der Waals surface area contributed by atoms with Gasteiger partial charge in [-0.25, -0.2) is 4.79 Å². The van der Waals surface area contributed by atoms with Gasteiger partial charge in [-0.15, -0.1) is 0 Å². The van der Waals surface area contributed by atoms with E-state index in [2.05, 4.69) is 16.5 Å². The van der Waals surface area contributed by atoms with Crippen LogP contribution in [0.4, 0.5) is 4.79 Å². The number of hydrogen-bond donors (Lipinski definition) is 1. The van der Waals surface area contributed by atoms with E-state index >= 15 is 0 Å². The zero-order valence-corrected chi connectivity index (χ0v) is 23.9. The van der Waals surface area contributed by atoms with Gasteiger partial charge in [0.15, 0.2) is 0 Å². The van der Waals surface area contributed by atoms with Crippen LogP contribution in [-0.4, -0.2) is 93.8 Å². The summed E-state index contributed by atoms with van der Waals surface area (Å²) < 4.78 is 5.79. The number of hydrogen-bond acceptors (Lipinski definition) is 5. The molecule has 5 rings (SSSR count). The number of piperazine rings is 1. The Bertz CT molecular complexity index is 1400. The van der Waals surface area contributed by atoms with Crippen molar-refractivity contribution in [3.63, 3.8) is 0 Å². The van der Waals surface area contributed by atoms with Gasteiger partial charge in [-0.3, -0.25) is 24.3 Å². The van der Waals surface area contributed by atoms with Gasteiger partial charge in [0.05, 0.1) is 12.6 Å². The molecule has 2 fully saturated rings. The van der Waals surface area contributed by atoms with Gasteiger partial charge in [-0.1, -0.05) is 30.9 Å². The molecule has 2 aromatic rings. The lowest BCUT2D eigenvalue weighted by atomic mass is 9.81. The van der Waals surface area contributed by atoms with E-state index in [1.165, 1.54) is 4.90 Å². The number of rotatable bonds is 8. The lowest BCUT2D eigenvalue weighted by Crippen LogP contribution is -2.53. The lowest BCUT2D eigenvalue weighted by molar-refractivity contribution is -0.133. The smallest absolute Gasteiger partial charge is 0.328 e. The van der Waals surface area contributed by atoms with Crippen molar-refractivity contribution in [1.82, 2.24) is 24.6 Å². The van der Waals surface area contributed by atoms with Crippen LogP contribution < -0.4 is 4.74 Å². The highest BCUT2D eigenvalue weighted by Gasteiger charge is 2.60. The van der Waals surface area contributed by atoms with Crippen molar-refractivity contribution in [3.05, 3.63) is 65.9 Å². The molecular weight excluding hydrogens is 506 g/mol. The summed E-state index contributed by atoms with van der Waals surface area (Å²) in [6.07, 6.45) is 7.93. The zero-order chi connectivity index (χ0) is 28.6. The van der Waals surface area contributed by atoms with Crippen LogP contribution in [-0.2, 0) is 16.0 Å². The van der Waals surface area contributed by atoms with Gasteiger partial charge in [0.25, 0.3) is 5.91 Å². The van der Waals surface area contributed by atoms with Crippen LogP contribution in [0.5, 0.6) is 5.75 Å². The van der Waals surface area contributed by atoms with Crippen LogP contribution in [0.25, 0.3) is 10.9 Å². The number of nitrogens with zero attached hydrogens (tertiary/aromatic N) is 4. The third-order valence-corrected chi connectivity index (χ3v) is 8.48. The molecule has 0 spiro atoms. The van der Waals surface area contributed by atoms with Crippen molar-refractivity contribution in [2.24, 2.45) is 0 Å². The molecule has 1 N–H and O–H groups in total. The Hall–Kier alpha value is -3.85. The Morgan fingerprint density at radius 2 is 1.95 bits per heavy atom. The molecule has 1 aromatic carbocycles. The van der Waals surface area contributed by atoms with E-state index in [0.29, 0.717) is 39.2 Å². The number of imide groups is 1. The Kier molecular flexibility index (Phi) is 7.59. The summed E-state index contributed by atoms with van der Waals surface area (Å²) in [4.78, 5) is 50.7. The first-order valence-corrected chi connectivity index (χ1v) is 14.1. The molecule has 2 atom stereocenters. The second-order valence-electron chi connectivity index (χ2n) is 10.9. The number of H-pyrrole nitrogens is 1. The Morgan fingerprint density at radius 3 is 2.60 bits per heavy atom. The average molecular weight is 546 g/mol. The summed E-state index contributed by atoms with van der Waals surface area (Å²) >= 11 is 0. The number of ether oxygens (including phenoxy) is 1. The lowest BCUT2D eigenvalue weighted by Gasteiger charge is -2.42. The molecule has 0 radical (unpaired) electrons. The van der Waals surface area contributed by atoms with Crippen molar-refractivity contribution in [2.45, 2.75) is 45.7 Å². The standard InChI is InChI=1S/C31H39N5O4/c1-6-9-10-22(7-2)28-27-25(24-19-23(40-8-3)11-12-26(24)32-27)20-31(5)29(38)35(30(39)36(28)31)18-15-33-13-16-34(17-14-33)21(4)37/h6-7,9-12,19,28,32H,1,8,13-18,20H2,2-5H3/b10-9-,22-7+/t28-,31+/m1/s1. The van der Waals surface area contributed by atoms with Crippen molar-refractivity contribution in [1.29, 1.82) is 0 Å². The molecule has 4 heterocycles. The molecule has 212 valence electrons. The number of carbonyl (C=O) groups is 3. The fourth-order valence-electron chi connectivity index (χ4n) is 6.34. The van der Waals surface area contributed by atoms with Crippen LogP contribution in [0.15, 0.2) is 54.7 Å². The van der Waals surface area contributed by atoms with Crippen molar-refractivity contribution in [3.8, 4) is 5.75 Å². The largest absolute Gasteiger partial charge is 0.494 e. The maximum atomic E-state index is 14.1. The Balaban J connectivity index is 1.50. The summed E-state index contributed by atoms with van der Waals surface area (Å²) in [7, 11) is 0. The number of amides is 4. The van der Waals surface area contributed by atoms with E-state index < -0.39 is 11.6 Å². The van der Waals surface area contributed by atoms with E-state index in [4.69, 9.17) is 4.74 Å². The molecule has 3 aliphatic rings. The van der Waals surface area contributed by atoms with E-state index in [0.717, 1.165) is 46.6 Å². The maximum absolute atomic E-state index is 14.1. The average Bonchev–Trinajstić information content (AvgIpc) is 3.38. The van der Waals surface area contributed by atoms with Crippen LogP contribution in [0, 0.1) is 0 Å². The number of aromatic nitrogens is 1. The van der Waals surface area contributed by atoms with Gasteiger partial charge in [-0.2, -0.15) is 0 Å². The molecular formula is C31H39N5O4. The monoisotopic (exact) mass is 545 g/mol. The Morgan fingerprint density at radius 1 is 1.20 bits per heavy atom. The number of fused-ring (bicyclic) bond motifs is 4. The Labute approximate surface area is 235 Å². The molecule has 0 unspecified atom stereocenters. The third-order valence-electron chi connectivity index (χ3n) is 8.48. The molecule has 0 bridgehead atoms. The number of aromatic amines is 1. The first-order valence-electron chi connectivity index (χ1n) is 14.1. The minimum atomic E-state index is -1.03. The van der Waals surface area contributed by atoms with Gasteiger partial charge in [-0.05, 0) is 50.1 Å². The van der Waals surface area contributed by atoms with E-state index in [-0.39, 0.29) is 17.8 Å². The van der Waals surface area contributed by atoms with Gasteiger partial charge < -0.3 is 14.6 Å². The fourth-order valence-corrected chi connectivity index (χ4v) is 6.34. The maximum Gasteiger partial charge on any atom is 0.328 e. The molecule has 0 aliphatic carbocycles. The molecule has 4 amide bonds. The van der Waals surface area contributed by atoms with Gasteiger partial charge in [0.2, 0.25) is 5.91 Å². The highest BCUT2D eigenvalue weighted by atomic mass is 16.5. The third kappa shape index (κ3) is 4.62. The molecule has 0 saturated carbocycles. The highest BCUT2D eigenvalue weighted by molar-refractivity contribution is 6.08. The zero-order valence-electron chi connectivity index (χ0n) is 23.9. The fraction of sp³-hybridized carbons (Fsp3) is 0.452. The van der Waals surface area contributed by atoms with Crippen molar-refractivity contribution >= 4 is 28.7 Å². The van der Waals surface area contributed by atoms with Gasteiger partial charge in [0.1, 0.15) is 11.3 Å². The first kappa shape index (κ1) is 27.7. The minimum Gasteiger partial charge on any atom is -0.494 e.